The van der Waals surface area contributed by atoms with Crippen molar-refractivity contribution in [3.63, 3.8) is 0 Å². The van der Waals surface area contributed by atoms with Gasteiger partial charge in [-0.1, -0.05) is 46.9 Å². The zero-order chi connectivity index (χ0) is 23.4. The lowest BCUT2D eigenvalue weighted by atomic mass is 10.1. The molecule has 0 aliphatic rings. The van der Waals surface area contributed by atoms with E-state index in [1.165, 1.54) is 17.4 Å². The van der Waals surface area contributed by atoms with Crippen LogP contribution in [0.2, 0.25) is 15.1 Å². The van der Waals surface area contributed by atoms with Crippen LogP contribution in [-0.4, -0.2) is 10.9 Å². The molecule has 0 radical (unpaired) electrons. The predicted molar refractivity (Wildman–Crippen MR) is 133 cm³/mol. The number of carbonyl (C=O) groups excluding carboxylic acids is 1. The number of thiazole rings is 1. The average Bonchev–Trinajstić information content (AvgIpc) is 3.44. The molecule has 33 heavy (non-hydrogen) atoms. The molecule has 4 rings (SSSR count). The van der Waals surface area contributed by atoms with Crippen molar-refractivity contribution in [1.82, 2.24) is 4.98 Å². The Morgan fingerprint density at radius 1 is 1.12 bits per heavy atom. The molecule has 2 heterocycles. The minimum atomic E-state index is -0.588. The molecule has 2 aromatic heterocycles. The van der Waals surface area contributed by atoms with Gasteiger partial charge in [0.25, 0.3) is 5.91 Å². The first-order valence-corrected chi connectivity index (χ1v) is 11.5. The molecule has 0 spiro atoms. The minimum absolute atomic E-state index is 0.121. The summed E-state index contributed by atoms with van der Waals surface area (Å²) in [7, 11) is 0. The normalized spacial score (nSPS) is 11.3. The van der Waals surface area contributed by atoms with Gasteiger partial charge in [0.1, 0.15) is 23.2 Å². The maximum absolute atomic E-state index is 12.6. The van der Waals surface area contributed by atoms with Gasteiger partial charge in [0, 0.05) is 39.2 Å². The van der Waals surface area contributed by atoms with Gasteiger partial charge < -0.3 is 4.42 Å². The van der Waals surface area contributed by atoms with Crippen molar-refractivity contribution in [1.29, 1.82) is 5.26 Å². The fraction of sp³-hybridized carbons (Fsp3) is 0.0417. The SMILES string of the molecule is N#CC(=Cc1ccc(-c2ccccc2Cl)o1)C(=O)Nc1ncc(Cc2cc(Cl)ccc2Cl)s1. The van der Waals surface area contributed by atoms with E-state index in [2.05, 4.69) is 10.3 Å². The van der Waals surface area contributed by atoms with Crippen LogP contribution in [0, 0.1) is 11.3 Å². The van der Waals surface area contributed by atoms with Crippen molar-refractivity contribution in [3.05, 3.63) is 97.6 Å². The zero-order valence-corrected chi connectivity index (χ0v) is 19.9. The molecular formula is C24H14Cl3N3O2S. The largest absolute Gasteiger partial charge is 0.457 e. The van der Waals surface area contributed by atoms with Crippen LogP contribution < -0.4 is 5.32 Å². The number of hydrogen-bond donors (Lipinski definition) is 1. The lowest BCUT2D eigenvalue weighted by molar-refractivity contribution is -0.112. The molecule has 0 fully saturated rings. The van der Waals surface area contributed by atoms with Crippen LogP contribution in [0.15, 0.2) is 70.8 Å². The molecule has 2 aromatic carbocycles. The summed E-state index contributed by atoms with van der Waals surface area (Å²) in [6.45, 7) is 0. The highest BCUT2D eigenvalue weighted by Gasteiger charge is 2.15. The quantitative estimate of drug-likeness (QED) is 0.213. The molecule has 1 amide bonds. The number of furan rings is 1. The summed E-state index contributed by atoms with van der Waals surface area (Å²) < 4.78 is 5.75. The number of nitrogens with zero attached hydrogens (tertiary/aromatic N) is 2. The Morgan fingerprint density at radius 2 is 1.94 bits per heavy atom. The summed E-state index contributed by atoms with van der Waals surface area (Å²) in [4.78, 5) is 17.7. The third-order valence-corrected chi connectivity index (χ3v) is 6.41. The van der Waals surface area contributed by atoms with E-state index < -0.39 is 5.91 Å². The molecule has 9 heteroatoms. The molecule has 164 valence electrons. The van der Waals surface area contributed by atoms with Gasteiger partial charge in [0.15, 0.2) is 5.13 Å². The van der Waals surface area contributed by atoms with Crippen LogP contribution in [0.3, 0.4) is 0 Å². The van der Waals surface area contributed by atoms with Gasteiger partial charge in [-0.15, -0.1) is 11.3 Å². The zero-order valence-electron chi connectivity index (χ0n) is 16.8. The van der Waals surface area contributed by atoms with Crippen LogP contribution in [-0.2, 0) is 11.2 Å². The van der Waals surface area contributed by atoms with Crippen LogP contribution in [0.1, 0.15) is 16.2 Å². The molecule has 0 bridgehead atoms. The van der Waals surface area contributed by atoms with Crippen LogP contribution in [0.4, 0.5) is 5.13 Å². The second kappa shape index (κ2) is 10.2. The number of rotatable bonds is 6. The van der Waals surface area contributed by atoms with E-state index in [0.29, 0.717) is 38.1 Å². The molecule has 1 N–H and O–H groups in total. The third kappa shape index (κ3) is 5.65. The number of aromatic nitrogens is 1. The van der Waals surface area contributed by atoms with Gasteiger partial charge >= 0.3 is 0 Å². The molecule has 0 saturated carbocycles. The second-order valence-corrected chi connectivity index (χ2v) is 9.22. The van der Waals surface area contributed by atoms with Crippen LogP contribution in [0.5, 0.6) is 0 Å². The summed E-state index contributed by atoms with van der Waals surface area (Å²) in [6, 6.07) is 17.8. The predicted octanol–water partition coefficient (Wildman–Crippen LogP) is 7.50. The first-order chi connectivity index (χ1) is 15.9. The van der Waals surface area contributed by atoms with E-state index in [4.69, 9.17) is 39.2 Å². The maximum Gasteiger partial charge on any atom is 0.268 e. The van der Waals surface area contributed by atoms with Gasteiger partial charge in [-0.25, -0.2) is 4.98 Å². The second-order valence-electron chi connectivity index (χ2n) is 6.85. The molecule has 0 aliphatic heterocycles. The Morgan fingerprint density at radius 3 is 2.73 bits per heavy atom. The van der Waals surface area contributed by atoms with E-state index >= 15 is 0 Å². The fourth-order valence-corrected chi connectivity index (χ4v) is 4.44. The molecule has 0 atom stereocenters. The van der Waals surface area contributed by atoms with E-state index in [-0.39, 0.29) is 5.57 Å². The van der Waals surface area contributed by atoms with E-state index in [0.717, 1.165) is 16.0 Å². The number of nitriles is 1. The number of amides is 1. The highest BCUT2D eigenvalue weighted by Crippen LogP contribution is 2.30. The minimum Gasteiger partial charge on any atom is -0.457 e. The molecular weight excluding hydrogens is 501 g/mol. The number of anilines is 1. The number of carbonyl (C=O) groups is 1. The lowest BCUT2D eigenvalue weighted by Crippen LogP contribution is -2.13. The Labute approximate surface area is 208 Å². The van der Waals surface area contributed by atoms with Gasteiger partial charge in [0.05, 0.1) is 5.02 Å². The van der Waals surface area contributed by atoms with Gasteiger partial charge in [0.2, 0.25) is 0 Å². The lowest BCUT2D eigenvalue weighted by Gasteiger charge is -2.02. The van der Waals surface area contributed by atoms with Crippen molar-refractivity contribution < 1.29 is 9.21 Å². The first kappa shape index (κ1) is 23.1. The first-order valence-electron chi connectivity index (χ1n) is 9.59. The molecule has 4 aromatic rings. The highest BCUT2D eigenvalue weighted by molar-refractivity contribution is 7.15. The van der Waals surface area contributed by atoms with Crippen molar-refractivity contribution in [3.8, 4) is 17.4 Å². The van der Waals surface area contributed by atoms with Gasteiger partial charge in [-0.05, 0) is 48.0 Å². The van der Waals surface area contributed by atoms with Crippen molar-refractivity contribution in [2.45, 2.75) is 6.42 Å². The maximum atomic E-state index is 12.6. The molecule has 0 aliphatic carbocycles. The van der Waals surface area contributed by atoms with Gasteiger partial charge in [-0.3, -0.25) is 10.1 Å². The Bertz CT molecular complexity index is 1400. The standard InChI is InChI=1S/C24H14Cl3N3O2S/c25-16-5-7-20(26)14(9-16)11-18-13-29-24(33-18)30-23(31)15(12-28)10-17-6-8-22(32-17)19-3-1-2-4-21(19)27/h1-10,13H,11H2,(H,29,30,31). The summed E-state index contributed by atoms with van der Waals surface area (Å²) in [5.41, 5.74) is 1.46. The number of hydrogen-bond acceptors (Lipinski definition) is 5. The summed E-state index contributed by atoms with van der Waals surface area (Å²) in [5.74, 6) is 0.302. The fourth-order valence-electron chi connectivity index (χ4n) is 3.01. The van der Waals surface area contributed by atoms with E-state index in [1.54, 1.807) is 42.6 Å². The molecule has 0 unspecified atom stereocenters. The Balaban J connectivity index is 1.47. The number of benzene rings is 2. The summed E-state index contributed by atoms with van der Waals surface area (Å²) >= 11 is 19.7. The molecule has 5 nitrogen and oxygen atoms in total. The summed E-state index contributed by atoms with van der Waals surface area (Å²) in [6.07, 6.45) is 3.54. The van der Waals surface area contributed by atoms with Crippen LogP contribution in [0.25, 0.3) is 17.4 Å². The van der Waals surface area contributed by atoms with Crippen LogP contribution >= 0.6 is 46.1 Å². The number of nitrogens with one attached hydrogen (secondary N) is 1. The topological polar surface area (TPSA) is 78.9 Å². The Kier molecular flexibility index (Phi) is 7.17. The van der Waals surface area contributed by atoms with Gasteiger partial charge in [-0.2, -0.15) is 5.26 Å². The smallest absolute Gasteiger partial charge is 0.268 e. The molecule has 0 saturated heterocycles. The van der Waals surface area contributed by atoms with Crippen molar-refractivity contribution in [2.24, 2.45) is 0 Å². The Hall–Kier alpha value is -3.08. The van der Waals surface area contributed by atoms with E-state index in [1.807, 2.05) is 24.3 Å². The monoisotopic (exact) mass is 513 g/mol. The number of halogens is 3. The van der Waals surface area contributed by atoms with Crippen molar-refractivity contribution in [2.75, 3.05) is 5.32 Å². The average molecular weight is 515 g/mol. The van der Waals surface area contributed by atoms with E-state index in [9.17, 15) is 10.1 Å². The highest BCUT2D eigenvalue weighted by atomic mass is 35.5. The van der Waals surface area contributed by atoms with Crippen molar-refractivity contribution >= 4 is 63.3 Å². The third-order valence-electron chi connectivity index (χ3n) is 4.56. The summed E-state index contributed by atoms with van der Waals surface area (Å²) in [5, 5.41) is 14.2.